The number of allylic oxidation sites excluding steroid dienone is 6. The van der Waals surface area contributed by atoms with E-state index >= 15 is 0 Å². The number of thioether (sulfide) groups is 1. The minimum absolute atomic E-state index is 0.0798. The van der Waals surface area contributed by atoms with Crippen molar-refractivity contribution in [2.45, 2.75) is 109 Å². The molecule has 2 heterocycles. The van der Waals surface area contributed by atoms with Crippen LogP contribution < -0.4 is 10.4 Å². The SMILES string of the molecule is [B]/C(C=C)=C/C([B]c1c(-c2c(N3C(C)C=CC(c4ccccc4)=CC3C)ccc3c2Cc2ccc(SC)cc2-3)cc2c(c1C)C(CC)c1ccccc1-2)=C(/C)CC1(C)CCCCN1C. The van der Waals surface area contributed by atoms with Gasteiger partial charge < -0.3 is 9.80 Å². The quantitative estimate of drug-likeness (QED) is 0.0728. The van der Waals surface area contributed by atoms with Gasteiger partial charge in [0.15, 0.2) is 7.28 Å². The molecule has 2 aliphatic carbocycles. The molecule has 5 aromatic rings. The lowest BCUT2D eigenvalue weighted by Gasteiger charge is -2.43. The van der Waals surface area contributed by atoms with Crippen molar-refractivity contribution in [2.24, 2.45) is 0 Å². The van der Waals surface area contributed by atoms with Crippen molar-refractivity contribution >= 4 is 43.6 Å². The van der Waals surface area contributed by atoms with Crippen LogP contribution in [0, 0.1) is 6.92 Å². The summed E-state index contributed by atoms with van der Waals surface area (Å²) >= 11 is 1.82. The molecule has 321 valence electrons. The first kappa shape index (κ1) is 44.3. The lowest BCUT2D eigenvalue weighted by molar-refractivity contribution is 0.0901. The average Bonchev–Trinajstić information content (AvgIpc) is 3.79. The first-order valence-electron chi connectivity index (χ1n) is 23.6. The molecule has 5 heteroatoms. The molecule has 0 aromatic heterocycles. The average molecular weight is 854 g/mol. The van der Waals surface area contributed by atoms with E-state index in [1.807, 2.05) is 11.8 Å². The number of fused-ring (bicyclic) bond motifs is 6. The molecule has 5 aromatic carbocycles. The number of nitrogens with zero attached hydrogens (tertiary/aromatic N) is 2. The Hall–Kier alpha value is -4.96. The highest BCUT2D eigenvalue weighted by Crippen LogP contribution is 2.52. The van der Waals surface area contributed by atoms with Crippen LogP contribution in [-0.4, -0.2) is 57.5 Å². The summed E-state index contributed by atoms with van der Waals surface area (Å²) in [5.41, 5.74) is 23.6. The molecule has 0 amide bonds. The standard InChI is InChI=1S/C59H63B2N2S/c1-10-44(60)33-54(37(3)36-59(7)29-17-18-30-62(59)8)61-58-40(6)56-46(11-2)47-21-15-16-22-48(47)52(56)35-53(58)57-51-32-43-25-26-45(64-9)34-50(43)49(51)27-28-55(57)63-38(4)23-24-42(31-39(63)5)41-19-13-12-14-20-41/h10,12-16,19-28,31,33-35,38-39,46H,1,11,17-18,29-30,32,36H2,2-9H3/b44-33+,54-37+. The van der Waals surface area contributed by atoms with E-state index in [0.29, 0.717) is 11.4 Å². The van der Waals surface area contributed by atoms with Crippen molar-refractivity contribution in [3.63, 3.8) is 0 Å². The summed E-state index contributed by atoms with van der Waals surface area (Å²) in [4.78, 5) is 6.56. The second-order valence-corrected chi connectivity index (χ2v) is 20.1. The largest absolute Gasteiger partial charge is 0.359 e. The summed E-state index contributed by atoms with van der Waals surface area (Å²) < 4.78 is 0. The molecular weight excluding hydrogens is 790 g/mol. The van der Waals surface area contributed by atoms with Crippen molar-refractivity contribution in [1.29, 1.82) is 0 Å². The summed E-state index contributed by atoms with van der Waals surface area (Å²) in [6.07, 6.45) is 20.0. The lowest BCUT2D eigenvalue weighted by atomic mass is 9.56. The van der Waals surface area contributed by atoms with Crippen molar-refractivity contribution in [3.8, 4) is 33.4 Å². The Morgan fingerprint density at radius 2 is 1.70 bits per heavy atom. The van der Waals surface area contributed by atoms with Crippen LogP contribution in [0.25, 0.3) is 39.0 Å². The highest BCUT2D eigenvalue weighted by Gasteiger charge is 2.36. The number of piperidine rings is 1. The van der Waals surface area contributed by atoms with Crippen molar-refractivity contribution in [2.75, 3.05) is 24.7 Å². The van der Waals surface area contributed by atoms with Crippen LogP contribution in [0.5, 0.6) is 0 Å². The molecule has 4 aliphatic rings. The van der Waals surface area contributed by atoms with Gasteiger partial charge in [0, 0.05) is 39.7 Å². The van der Waals surface area contributed by atoms with Gasteiger partial charge in [-0.25, -0.2) is 0 Å². The Labute approximate surface area is 391 Å². The molecule has 0 bridgehead atoms. The van der Waals surface area contributed by atoms with Crippen molar-refractivity contribution < 1.29 is 0 Å². The van der Waals surface area contributed by atoms with Gasteiger partial charge in [0.2, 0.25) is 0 Å². The van der Waals surface area contributed by atoms with Gasteiger partial charge in [-0.1, -0.05) is 145 Å². The normalized spacial score (nSPS) is 21.9. The maximum absolute atomic E-state index is 6.76. The molecule has 2 nitrogen and oxygen atoms in total. The van der Waals surface area contributed by atoms with Gasteiger partial charge in [-0.15, -0.1) is 11.8 Å². The Balaban J connectivity index is 1.33. The number of hydrogen-bond donors (Lipinski definition) is 0. The predicted octanol–water partition coefficient (Wildman–Crippen LogP) is 13.8. The second kappa shape index (κ2) is 18.1. The van der Waals surface area contributed by atoms with E-state index in [0.717, 1.165) is 25.8 Å². The number of anilines is 1. The molecule has 0 spiro atoms. The predicted molar refractivity (Wildman–Crippen MR) is 281 cm³/mol. The molecule has 4 unspecified atom stereocenters. The molecule has 9 rings (SSSR count). The summed E-state index contributed by atoms with van der Waals surface area (Å²) in [6.45, 7) is 19.6. The molecule has 64 heavy (non-hydrogen) atoms. The van der Waals surface area contributed by atoms with E-state index in [-0.39, 0.29) is 17.6 Å². The molecular formula is C59H63B2N2S. The van der Waals surface area contributed by atoms with E-state index in [2.05, 4.69) is 194 Å². The fraction of sp³-hybridized carbons (Fsp3) is 0.322. The summed E-state index contributed by atoms with van der Waals surface area (Å²) in [6, 6.07) is 34.9. The highest BCUT2D eigenvalue weighted by atomic mass is 32.2. The minimum atomic E-state index is 0.0798. The summed E-state index contributed by atoms with van der Waals surface area (Å²) in [5.74, 6) is 0.331. The van der Waals surface area contributed by atoms with E-state index in [1.54, 1.807) is 6.08 Å². The van der Waals surface area contributed by atoms with Gasteiger partial charge in [-0.2, -0.15) is 0 Å². The summed E-state index contributed by atoms with van der Waals surface area (Å²) in [7, 11) is 11.6. The van der Waals surface area contributed by atoms with Crippen LogP contribution in [0.4, 0.5) is 5.69 Å². The van der Waals surface area contributed by atoms with Crippen LogP contribution in [0.1, 0.15) is 106 Å². The Bertz CT molecular complexity index is 2760. The molecule has 3 radical (unpaired) electrons. The number of rotatable bonds is 11. The summed E-state index contributed by atoms with van der Waals surface area (Å²) in [5, 5.41) is 0. The monoisotopic (exact) mass is 853 g/mol. The number of benzene rings is 5. The molecule has 2 aliphatic heterocycles. The van der Waals surface area contributed by atoms with E-state index in [9.17, 15) is 0 Å². The molecule has 1 fully saturated rings. The zero-order valence-corrected chi connectivity index (χ0v) is 40.2. The van der Waals surface area contributed by atoms with Crippen molar-refractivity contribution in [1.82, 2.24) is 4.90 Å². The molecule has 4 atom stereocenters. The lowest BCUT2D eigenvalue weighted by Crippen LogP contribution is -2.47. The zero-order valence-electron chi connectivity index (χ0n) is 39.4. The fourth-order valence-electron chi connectivity index (χ4n) is 11.7. The maximum Gasteiger partial charge on any atom is 0.192 e. The second-order valence-electron chi connectivity index (χ2n) is 19.2. The van der Waals surface area contributed by atoms with Gasteiger partial charge in [0.1, 0.15) is 7.85 Å². The van der Waals surface area contributed by atoms with Crippen LogP contribution >= 0.6 is 11.8 Å². The van der Waals surface area contributed by atoms with Crippen LogP contribution in [0.15, 0.2) is 149 Å². The maximum atomic E-state index is 6.76. The fourth-order valence-corrected chi connectivity index (χ4v) is 12.1. The van der Waals surface area contributed by atoms with Gasteiger partial charge in [0.05, 0.1) is 0 Å². The molecule has 0 N–H and O–H groups in total. The Kier molecular flexibility index (Phi) is 12.5. The van der Waals surface area contributed by atoms with Crippen LogP contribution in [-0.2, 0) is 6.42 Å². The van der Waals surface area contributed by atoms with Crippen molar-refractivity contribution in [3.05, 3.63) is 178 Å². The van der Waals surface area contributed by atoms with Gasteiger partial charge in [-0.05, 0) is 172 Å². The highest BCUT2D eigenvalue weighted by molar-refractivity contribution is 7.98. The zero-order chi connectivity index (χ0) is 44.9. The molecule has 0 saturated carbocycles. The topological polar surface area (TPSA) is 6.48 Å². The first-order chi connectivity index (χ1) is 30.9. The number of likely N-dealkylation sites (tertiary alicyclic amines) is 1. The van der Waals surface area contributed by atoms with E-state index in [1.165, 1.54) is 119 Å². The third-order valence-corrected chi connectivity index (χ3v) is 15.9. The third kappa shape index (κ3) is 7.96. The molecule has 1 saturated heterocycles. The van der Waals surface area contributed by atoms with E-state index < -0.39 is 0 Å². The third-order valence-electron chi connectivity index (χ3n) is 15.2. The van der Waals surface area contributed by atoms with Crippen LogP contribution in [0.2, 0.25) is 0 Å². The Morgan fingerprint density at radius 1 is 0.922 bits per heavy atom. The Morgan fingerprint density at radius 3 is 2.45 bits per heavy atom. The number of hydrogen-bond acceptors (Lipinski definition) is 3. The smallest absolute Gasteiger partial charge is 0.192 e. The minimum Gasteiger partial charge on any atom is -0.359 e. The van der Waals surface area contributed by atoms with Gasteiger partial charge in [0.25, 0.3) is 0 Å². The van der Waals surface area contributed by atoms with Gasteiger partial charge in [-0.3, -0.25) is 0 Å². The van der Waals surface area contributed by atoms with Crippen LogP contribution in [0.3, 0.4) is 0 Å². The van der Waals surface area contributed by atoms with E-state index in [4.69, 9.17) is 7.85 Å². The van der Waals surface area contributed by atoms with Gasteiger partial charge >= 0.3 is 0 Å². The first-order valence-corrected chi connectivity index (χ1v) is 24.9.